The van der Waals surface area contributed by atoms with Crippen LogP contribution < -0.4 is 31.9 Å². The molecule has 0 bridgehead atoms. The molecule has 402 valence electrons. The molecule has 24 heteroatoms. The molecule has 2 saturated heterocycles. The molecular weight excluding hydrogens is 1040 g/mol. The van der Waals surface area contributed by atoms with Crippen molar-refractivity contribution in [3.63, 3.8) is 0 Å². The Labute approximate surface area is 452 Å². The van der Waals surface area contributed by atoms with E-state index < -0.39 is 96.2 Å². The molecular formula is C52H61ClN12O9S2. The fourth-order valence-corrected chi connectivity index (χ4v) is 11.5. The molecule has 76 heavy (non-hydrogen) atoms. The number of fused-ring (bicyclic) bond motifs is 4. The molecule has 3 aliphatic rings. The number of ether oxygens (including phenoxy) is 1. The highest BCUT2D eigenvalue weighted by Gasteiger charge is 2.45. The number of aromatic nitrogens is 4. The number of nitrogens with one attached hydrogen (secondary N) is 6. The molecule has 8 rings (SSSR count). The average molecular weight is 1100 g/mol. The van der Waals surface area contributed by atoms with Crippen molar-refractivity contribution in [1.29, 1.82) is 0 Å². The Morgan fingerprint density at radius 1 is 0.895 bits per heavy atom. The Morgan fingerprint density at radius 2 is 1.62 bits per heavy atom. The Hall–Kier alpha value is -6.92. The van der Waals surface area contributed by atoms with Gasteiger partial charge in [0.05, 0.1) is 59.9 Å². The van der Waals surface area contributed by atoms with Crippen LogP contribution in [0.2, 0.25) is 5.02 Å². The zero-order valence-electron chi connectivity index (χ0n) is 43.1. The van der Waals surface area contributed by atoms with Crippen LogP contribution in [-0.2, 0) is 38.3 Å². The van der Waals surface area contributed by atoms with Crippen LogP contribution in [0.4, 0.5) is 0 Å². The van der Waals surface area contributed by atoms with Gasteiger partial charge >= 0.3 is 0 Å². The number of carbonyl (C=O) groups is 7. The molecule has 0 spiro atoms. The maximum atomic E-state index is 14.3. The van der Waals surface area contributed by atoms with E-state index in [9.17, 15) is 38.7 Å². The largest absolute Gasteiger partial charge is 0.391 e. The summed E-state index contributed by atoms with van der Waals surface area (Å²) in [5.74, 6) is -3.50. The smallest absolute Gasteiger partial charge is 0.246 e. The van der Waals surface area contributed by atoms with Crippen LogP contribution in [0.1, 0.15) is 96.6 Å². The summed E-state index contributed by atoms with van der Waals surface area (Å²) in [6.45, 7) is 11.1. The minimum atomic E-state index is -1.36. The highest BCUT2D eigenvalue weighted by molar-refractivity contribution is 7.15. The standard InChI is InChI=1S/C52H61ClN12O9S2/c1-26-28(3)76-51-43(26)44(31-12-14-33(53)15-13-31)59-36(47-63-62-29(4)65(47)51)20-40(68)55-21-37-48(71)54-16-17-74-24-42(70)61-46(52(5,6)7)50(73)64-23-34(66)18-38(64)49(72)60-35(19-39(67)56-22-41(69)58-37)30-8-10-32(11-9-30)45-27(2)57-25-75-45/h8-15,25,34-38,46,66H,16-24H2,1-7H3,(H,54,71)(H,55,68)(H,56,67)(H,58,69)(H,60,72)(H,61,70)/t34-,35+,36+,37-,38+,46-/m1/s1. The first-order chi connectivity index (χ1) is 36.2. The van der Waals surface area contributed by atoms with Gasteiger partial charge in [-0.05, 0) is 61.9 Å². The van der Waals surface area contributed by atoms with Crippen molar-refractivity contribution in [3.05, 3.63) is 104 Å². The van der Waals surface area contributed by atoms with Crippen LogP contribution in [-0.4, -0.2) is 140 Å². The van der Waals surface area contributed by atoms with E-state index in [0.717, 1.165) is 42.7 Å². The Balaban J connectivity index is 1.02. The molecule has 6 atom stereocenters. The minimum absolute atomic E-state index is 0.0977. The number of aliphatic imine (C=N–C) groups is 1. The van der Waals surface area contributed by atoms with E-state index in [-0.39, 0.29) is 45.5 Å². The maximum Gasteiger partial charge on any atom is 0.246 e. The Bertz CT molecular complexity index is 3060. The first-order valence-corrected chi connectivity index (χ1v) is 26.9. The third kappa shape index (κ3) is 12.7. The zero-order chi connectivity index (χ0) is 54.6. The maximum absolute atomic E-state index is 14.3. The zero-order valence-corrected chi connectivity index (χ0v) is 45.5. The summed E-state index contributed by atoms with van der Waals surface area (Å²) in [4.78, 5) is 110. The summed E-state index contributed by atoms with van der Waals surface area (Å²) >= 11 is 9.31. The van der Waals surface area contributed by atoms with Gasteiger partial charge in [0.15, 0.2) is 5.82 Å². The van der Waals surface area contributed by atoms with Crippen LogP contribution in [0.5, 0.6) is 0 Å². The molecule has 21 nitrogen and oxygen atoms in total. The van der Waals surface area contributed by atoms with Crippen molar-refractivity contribution in [2.24, 2.45) is 10.4 Å². The van der Waals surface area contributed by atoms with E-state index in [4.69, 9.17) is 21.3 Å². The van der Waals surface area contributed by atoms with Gasteiger partial charge in [0.25, 0.3) is 0 Å². The molecule has 2 aromatic carbocycles. The Kier molecular flexibility index (Phi) is 17.1. The van der Waals surface area contributed by atoms with E-state index in [1.54, 1.807) is 61.9 Å². The number of halogens is 1. The van der Waals surface area contributed by atoms with E-state index in [1.807, 2.05) is 56.5 Å². The van der Waals surface area contributed by atoms with E-state index >= 15 is 0 Å². The second-order valence-electron chi connectivity index (χ2n) is 20.1. The SMILES string of the molecule is Cc1ncsc1-c1ccc([C@@H]2CC(=O)NCC(=O)N[C@H](CNC(=O)C[C@@H]3N=C(c4ccc(Cl)cc4)c4c(sc(C)c4C)-n4c(C)nnc43)C(=O)NCCOCC(=O)N[C@@H](C(C)(C)C)C(=O)N3C[C@H](O)C[C@H]3C(=O)N2)cc1. The third-order valence-corrected chi connectivity index (χ3v) is 15.8. The third-order valence-electron chi connectivity index (χ3n) is 13.4. The molecule has 3 aliphatic heterocycles. The number of amides is 7. The summed E-state index contributed by atoms with van der Waals surface area (Å²) in [7, 11) is 0. The van der Waals surface area contributed by atoms with Gasteiger partial charge in [-0.15, -0.1) is 32.9 Å². The van der Waals surface area contributed by atoms with Gasteiger partial charge in [-0.25, -0.2) is 4.98 Å². The summed E-state index contributed by atoms with van der Waals surface area (Å²) in [5, 5.41) is 37.4. The van der Waals surface area contributed by atoms with Crippen molar-refractivity contribution in [1.82, 2.24) is 56.5 Å². The van der Waals surface area contributed by atoms with Crippen LogP contribution >= 0.6 is 34.3 Å². The number of hydrogen-bond donors (Lipinski definition) is 7. The number of nitrogens with zero attached hydrogens (tertiary/aromatic N) is 6. The second-order valence-corrected chi connectivity index (χ2v) is 22.6. The van der Waals surface area contributed by atoms with E-state index in [1.165, 1.54) is 16.2 Å². The molecule has 5 aromatic rings. The first kappa shape index (κ1) is 55.3. The monoisotopic (exact) mass is 1100 g/mol. The molecule has 3 aromatic heterocycles. The lowest BCUT2D eigenvalue weighted by Crippen LogP contribution is -2.58. The van der Waals surface area contributed by atoms with Gasteiger partial charge in [0.2, 0.25) is 41.4 Å². The normalized spacial score (nSPS) is 22.5. The van der Waals surface area contributed by atoms with Gasteiger partial charge in [0.1, 0.15) is 41.6 Å². The highest BCUT2D eigenvalue weighted by Crippen LogP contribution is 2.40. The van der Waals surface area contributed by atoms with E-state index in [2.05, 4.69) is 47.1 Å². The number of aliphatic hydroxyl groups is 1. The van der Waals surface area contributed by atoms with Gasteiger partial charge < -0.3 is 46.6 Å². The number of benzene rings is 2. The molecule has 0 radical (unpaired) electrons. The van der Waals surface area contributed by atoms with Crippen molar-refractivity contribution in [2.45, 2.75) is 104 Å². The molecule has 2 fully saturated rings. The lowest BCUT2D eigenvalue weighted by molar-refractivity contribution is -0.144. The summed E-state index contributed by atoms with van der Waals surface area (Å²) in [6, 6.07) is 8.97. The molecule has 6 heterocycles. The average Bonchev–Trinajstić information content (AvgIpc) is 4.20. The number of aryl methyl sites for hydroxylation is 3. The van der Waals surface area contributed by atoms with Crippen molar-refractivity contribution < 1.29 is 43.4 Å². The van der Waals surface area contributed by atoms with Crippen molar-refractivity contribution >= 4 is 81.3 Å². The quantitative estimate of drug-likeness (QED) is 0.124. The lowest BCUT2D eigenvalue weighted by atomic mass is 9.85. The van der Waals surface area contributed by atoms with Crippen LogP contribution in [0.15, 0.2) is 59.0 Å². The molecule has 7 amide bonds. The van der Waals surface area contributed by atoms with Crippen LogP contribution in [0, 0.1) is 33.1 Å². The lowest BCUT2D eigenvalue weighted by Gasteiger charge is -2.35. The van der Waals surface area contributed by atoms with Crippen molar-refractivity contribution in [2.75, 3.05) is 39.4 Å². The van der Waals surface area contributed by atoms with Gasteiger partial charge in [0, 0.05) is 47.1 Å². The first-order valence-electron chi connectivity index (χ1n) is 24.8. The summed E-state index contributed by atoms with van der Waals surface area (Å²) in [6.07, 6.45) is -1.72. The minimum Gasteiger partial charge on any atom is -0.391 e. The molecule has 0 aliphatic carbocycles. The number of thiazole rings is 1. The van der Waals surface area contributed by atoms with Crippen LogP contribution in [0.25, 0.3) is 15.4 Å². The molecule has 0 unspecified atom stereocenters. The highest BCUT2D eigenvalue weighted by atomic mass is 35.5. The number of hydrogen-bond acceptors (Lipinski definition) is 15. The number of aliphatic hydroxyl groups excluding tert-OH is 1. The number of rotatable bonds is 7. The summed E-state index contributed by atoms with van der Waals surface area (Å²) < 4.78 is 7.49. The molecule has 7 N–H and O–H groups in total. The van der Waals surface area contributed by atoms with E-state index in [0.29, 0.717) is 27.9 Å². The fraction of sp³-hybridized carbons (Fsp3) is 0.442. The molecule has 0 saturated carbocycles. The number of thiophene rings is 1. The predicted octanol–water partition coefficient (Wildman–Crippen LogP) is 3.23. The summed E-state index contributed by atoms with van der Waals surface area (Å²) in [5.41, 5.74) is 6.42. The van der Waals surface area contributed by atoms with Gasteiger partial charge in [-0.3, -0.25) is 43.1 Å². The predicted molar refractivity (Wildman–Crippen MR) is 285 cm³/mol. The van der Waals surface area contributed by atoms with Crippen molar-refractivity contribution in [3.8, 4) is 15.4 Å². The fourth-order valence-electron chi connectivity index (χ4n) is 9.31. The Morgan fingerprint density at radius 3 is 2.32 bits per heavy atom. The topological polar surface area (TPSA) is 280 Å². The van der Waals surface area contributed by atoms with Gasteiger partial charge in [-0.1, -0.05) is 68.8 Å². The second kappa shape index (κ2) is 23.5. The number of carbonyl (C=O) groups excluding carboxylic acids is 7. The van der Waals surface area contributed by atoms with Gasteiger partial charge in [-0.2, -0.15) is 0 Å². The van der Waals surface area contributed by atoms with Crippen LogP contribution in [0.3, 0.4) is 0 Å².